The van der Waals surface area contributed by atoms with Crippen LogP contribution in [-0.4, -0.2) is 32.8 Å². The number of benzene rings is 1. The number of ether oxygens (including phenoxy) is 1. The topological polar surface area (TPSA) is 92.8 Å². The summed E-state index contributed by atoms with van der Waals surface area (Å²) in [6.45, 7) is 2.33. The predicted molar refractivity (Wildman–Crippen MR) is 117 cm³/mol. The van der Waals surface area contributed by atoms with E-state index in [4.69, 9.17) is 16.3 Å². The van der Waals surface area contributed by atoms with E-state index in [-0.39, 0.29) is 5.78 Å². The maximum Gasteiger partial charge on any atom is 0.227 e. The molecule has 0 unspecified atom stereocenters. The fraction of sp³-hybridized carbons (Fsp3) is 0.182. The quantitative estimate of drug-likeness (QED) is 0.400. The third kappa shape index (κ3) is 4.17. The van der Waals surface area contributed by atoms with Crippen LogP contribution in [0, 0.1) is 0 Å². The normalized spacial score (nSPS) is 11.0. The molecule has 0 bridgehead atoms. The maximum absolute atomic E-state index is 12.0. The Bertz CT molecular complexity index is 1220. The van der Waals surface area contributed by atoms with Gasteiger partial charge in [-0.15, -0.1) is 0 Å². The summed E-state index contributed by atoms with van der Waals surface area (Å²) < 4.78 is 5.18. The van der Waals surface area contributed by atoms with Gasteiger partial charge in [-0.1, -0.05) is 18.5 Å². The van der Waals surface area contributed by atoms with Crippen LogP contribution in [0.5, 0.6) is 0 Å². The molecule has 0 spiro atoms. The van der Waals surface area contributed by atoms with E-state index in [2.05, 4.69) is 25.3 Å². The third-order valence-electron chi connectivity index (χ3n) is 4.61. The SMILES string of the molecule is CCC(=O)c1cc2cc(Nc3nccc(-c4cc(COC)ccn4)n3)cc(Cl)c2[nH]1. The molecule has 3 heterocycles. The first-order valence-corrected chi connectivity index (χ1v) is 9.85. The van der Waals surface area contributed by atoms with Gasteiger partial charge in [0.15, 0.2) is 5.78 Å². The Kier molecular flexibility index (Phi) is 5.74. The smallest absolute Gasteiger partial charge is 0.227 e. The van der Waals surface area contributed by atoms with Crippen LogP contribution in [0.2, 0.25) is 5.02 Å². The Labute approximate surface area is 178 Å². The van der Waals surface area contributed by atoms with Gasteiger partial charge in [-0.05, 0) is 42.0 Å². The number of carbonyl (C=O) groups excluding carboxylic acids is 1. The van der Waals surface area contributed by atoms with Crippen molar-refractivity contribution >= 4 is 39.9 Å². The monoisotopic (exact) mass is 421 g/mol. The highest BCUT2D eigenvalue weighted by molar-refractivity contribution is 6.35. The molecule has 0 aliphatic carbocycles. The largest absolute Gasteiger partial charge is 0.380 e. The molecule has 2 N–H and O–H groups in total. The summed E-state index contributed by atoms with van der Waals surface area (Å²) in [5.41, 5.74) is 4.43. The molecule has 30 heavy (non-hydrogen) atoms. The summed E-state index contributed by atoms with van der Waals surface area (Å²) in [7, 11) is 1.65. The fourth-order valence-electron chi connectivity index (χ4n) is 3.17. The Morgan fingerprint density at radius 2 is 1.97 bits per heavy atom. The Hall–Kier alpha value is -3.29. The van der Waals surface area contributed by atoms with Gasteiger partial charge in [-0.3, -0.25) is 9.78 Å². The van der Waals surface area contributed by atoms with Crippen molar-refractivity contribution in [1.82, 2.24) is 19.9 Å². The molecule has 4 aromatic rings. The molecule has 0 fully saturated rings. The molecule has 0 radical (unpaired) electrons. The Balaban J connectivity index is 1.63. The molecule has 0 saturated carbocycles. The van der Waals surface area contributed by atoms with E-state index in [0.29, 0.717) is 35.4 Å². The number of Topliss-reactive ketones (excluding diaryl/α,β-unsaturated/α-hetero) is 1. The number of anilines is 2. The van der Waals surface area contributed by atoms with Crippen LogP contribution in [0.4, 0.5) is 11.6 Å². The summed E-state index contributed by atoms with van der Waals surface area (Å²) in [6.07, 6.45) is 3.83. The number of nitrogens with one attached hydrogen (secondary N) is 2. The van der Waals surface area contributed by atoms with E-state index in [0.717, 1.165) is 27.8 Å². The zero-order chi connectivity index (χ0) is 21.1. The zero-order valence-corrected chi connectivity index (χ0v) is 17.3. The molecule has 4 rings (SSSR count). The van der Waals surface area contributed by atoms with Crippen LogP contribution in [0.15, 0.2) is 48.8 Å². The first kappa shape index (κ1) is 20.0. The molecule has 3 aromatic heterocycles. The lowest BCUT2D eigenvalue weighted by Crippen LogP contribution is -1.99. The summed E-state index contributed by atoms with van der Waals surface area (Å²) >= 11 is 6.42. The van der Waals surface area contributed by atoms with Crippen LogP contribution >= 0.6 is 11.6 Å². The average Bonchev–Trinajstić information content (AvgIpc) is 3.19. The number of nitrogens with zero attached hydrogens (tertiary/aromatic N) is 3. The Morgan fingerprint density at radius 1 is 1.13 bits per heavy atom. The van der Waals surface area contributed by atoms with Gasteiger partial charge in [0.05, 0.1) is 34.2 Å². The lowest BCUT2D eigenvalue weighted by Gasteiger charge is -2.08. The van der Waals surface area contributed by atoms with Gasteiger partial charge in [0.2, 0.25) is 5.95 Å². The van der Waals surface area contributed by atoms with Gasteiger partial charge in [-0.25, -0.2) is 9.97 Å². The highest BCUT2D eigenvalue weighted by Gasteiger charge is 2.12. The van der Waals surface area contributed by atoms with Gasteiger partial charge in [0.25, 0.3) is 0 Å². The lowest BCUT2D eigenvalue weighted by atomic mass is 10.2. The van der Waals surface area contributed by atoms with E-state index in [9.17, 15) is 4.79 Å². The minimum Gasteiger partial charge on any atom is -0.380 e. The van der Waals surface area contributed by atoms with Crippen LogP contribution in [0.25, 0.3) is 22.3 Å². The molecule has 0 saturated heterocycles. The molecule has 0 aliphatic heterocycles. The molecule has 0 aliphatic rings. The molecular weight excluding hydrogens is 402 g/mol. The summed E-state index contributed by atoms with van der Waals surface area (Å²) in [6, 6.07) is 11.1. The number of pyridine rings is 1. The number of fused-ring (bicyclic) bond motifs is 1. The number of H-pyrrole nitrogens is 1. The van der Waals surface area contributed by atoms with E-state index >= 15 is 0 Å². The van der Waals surface area contributed by atoms with Gasteiger partial charge in [0.1, 0.15) is 0 Å². The number of aromatic amines is 1. The second kappa shape index (κ2) is 8.61. The van der Waals surface area contributed by atoms with Crippen molar-refractivity contribution in [3.05, 3.63) is 65.1 Å². The molecule has 152 valence electrons. The second-order valence-electron chi connectivity index (χ2n) is 6.75. The van der Waals surface area contributed by atoms with Crippen LogP contribution in [0.3, 0.4) is 0 Å². The number of rotatable bonds is 7. The van der Waals surface area contributed by atoms with Crippen molar-refractivity contribution < 1.29 is 9.53 Å². The van der Waals surface area contributed by atoms with Crippen LogP contribution < -0.4 is 5.32 Å². The summed E-state index contributed by atoms with van der Waals surface area (Å²) in [5, 5.41) is 4.53. The standard InChI is InChI=1S/C22H20ClN5O2/c1-3-20(29)19-10-14-9-15(11-16(23)21(14)27-19)26-22-25-7-5-17(28-22)18-8-13(12-30-2)4-6-24-18/h4-11,27H,3,12H2,1-2H3,(H,25,26,28). The van der Waals surface area contributed by atoms with Crippen molar-refractivity contribution in [3.63, 3.8) is 0 Å². The number of aromatic nitrogens is 4. The lowest BCUT2D eigenvalue weighted by molar-refractivity contribution is 0.0984. The molecule has 1 aromatic carbocycles. The minimum absolute atomic E-state index is 0.0380. The fourth-order valence-corrected chi connectivity index (χ4v) is 3.45. The number of hydrogen-bond donors (Lipinski definition) is 2. The number of ketones is 1. The highest BCUT2D eigenvalue weighted by Crippen LogP contribution is 2.30. The van der Waals surface area contributed by atoms with E-state index in [1.165, 1.54) is 0 Å². The molecule has 8 heteroatoms. The maximum atomic E-state index is 12.0. The van der Waals surface area contributed by atoms with Gasteiger partial charge in [0, 0.05) is 37.0 Å². The van der Waals surface area contributed by atoms with Gasteiger partial charge >= 0.3 is 0 Å². The van der Waals surface area contributed by atoms with Gasteiger partial charge in [-0.2, -0.15) is 0 Å². The van der Waals surface area contributed by atoms with E-state index in [1.807, 2.05) is 25.1 Å². The van der Waals surface area contributed by atoms with E-state index < -0.39 is 0 Å². The zero-order valence-electron chi connectivity index (χ0n) is 16.6. The molecular formula is C22H20ClN5O2. The number of halogens is 1. The van der Waals surface area contributed by atoms with Crippen molar-refractivity contribution in [3.8, 4) is 11.4 Å². The number of carbonyl (C=O) groups is 1. The van der Waals surface area contributed by atoms with Crippen molar-refractivity contribution in [2.75, 3.05) is 12.4 Å². The Morgan fingerprint density at radius 3 is 2.77 bits per heavy atom. The van der Waals surface area contributed by atoms with Gasteiger partial charge < -0.3 is 15.0 Å². The summed E-state index contributed by atoms with van der Waals surface area (Å²) in [4.78, 5) is 28.3. The van der Waals surface area contributed by atoms with Crippen LogP contribution in [-0.2, 0) is 11.3 Å². The number of methoxy groups -OCH3 is 1. The minimum atomic E-state index is 0.0380. The van der Waals surface area contributed by atoms with Crippen molar-refractivity contribution in [2.24, 2.45) is 0 Å². The predicted octanol–water partition coefficient (Wildman–Crippen LogP) is 5.16. The van der Waals surface area contributed by atoms with Crippen molar-refractivity contribution in [1.29, 1.82) is 0 Å². The molecule has 0 atom stereocenters. The third-order valence-corrected chi connectivity index (χ3v) is 4.91. The van der Waals surface area contributed by atoms with E-state index in [1.54, 1.807) is 37.7 Å². The molecule has 7 nitrogen and oxygen atoms in total. The average molecular weight is 422 g/mol. The second-order valence-corrected chi connectivity index (χ2v) is 7.16. The highest BCUT2D eigenvalue weighted by atomic mass is 35.5. The van der Waals surface area contributed by atoms with Crippen LogP contribution in [0.1, 0.15) is 29.4 Å². The first-order chi connectivity index (χ1) is 14.6. The van der Waals surface area contributed by atoms with Crippen molar-refractivity contribution in [2.45, 2.75) is 20.0 Å². The summed E-state index contributed by atoms with van der Waals surface area (Å²) in [5.74, 6) is 0.457. The first-order valence-electron chi connectivity index (χ1n) is 9.47. The molecule has 0 amide bonds. The number of hydrogen-bond acceptors (Lipinski definition) is 6.